The van der Waals surface area contributed by atoms with Gasteiger partial charge in [-0.3, -0.25) is 9.59 Å². The van der Waals surface area contributed by atoms with Crippen molar-refractivity contribution in [1.82, 2.24) is 0 Å². The van der Waals surface area contributed by atoms with Crippen molar-refractivity contribution in [3.8, 4) is 0 Å². The lowest BCUT2D eigenvalue weighted by Gasteiger charge is -2.22. The Morgan fingerprint density at radius 1 is 1.31 bits per heavy atom. The fourth-order valence-electron chi connectivity index (χ4n) is 1.38. The molecule has 86 valence electrons. The molecule has 0 atom stereocenters. The van der Waals surface area contributed by atoms with Gasteiger partial charge in [-0.15, -0.1) is 0 Å². The van der Waals surface area contributed by atoms with E-state index < -0.39 is 23.2 Å². The number of esters is 1. The maximum absolute atomic E-state index is 12.9. The minimum atomic E-state index is -1.28. The van der Waals surface area contributed by atoms with Gasteiger partial charge in [0.05, 0.1) is 0 Å². The number of hydrogen-bond acceptors (Lipinski definition) is 3. The molecular weight excluding hydrogens is 211 g/mol. The molecule has 0 aliphatic heterocycles. The van der Waals surface area contributed by atoms with E-state index in [0.717, 1.165) is 6.07 Å². The molecule has 0 saturated carbocycles. The standard InChI is InChI=1S/C12H13FO3/c1-8(14)16-12(2,3)11(15)9-5-4-6-10(13)7-9/h4-7H,1-3H3. The molecule has 0 fully saturated rings. The van der Waals surface area contributed by atoms with Gasteiger partial charge in [-0.1, -0.05) is 12.1 Å². The summed E-state index contributed by atoms with van der Waals surface area (Å²) in [5.74, 6) is -1.47. The maximum Gasteiger partial charge on any atom is 0.303 e. The lowest BCUT2D eigenvalue weighted by Crippen LogP contribution is -2.36. The number of carbonyl (C=O) groups is 2. The first kappa shape index (κ1) is 12.4. The molecule has 0 heterocycles. The second-order valence-electron chi connectivity index (χ2n) is 3.94. The molecular formula is C12H13FO3. The number of hydrogen-bond donors (Lipinski definition) is 0. The number of carbonyl (C=O) groups excluding carboxylic acids is 2. The molecule has 0 aliphatic carbocycles. The summed E-state index contributed by atoms with van der Waals surface area (Å²) in [5, 5.41) is 0. The third kappa shape index (κ3) is 2.89. The molecule has 0 N–H and O–H groups in total. The molecule has 0 amide bonds. The van der Waals surface area contributed by atoms with E-state index in [1.165, 1.54) is 39.0 Å². The Bertz CT molecular complexity index is 424. The summed E-state index contributed by atoms with van der Waals surface area (Å²) >= 11 is 0. The number of ketones is 1. The van der Waals surface area contributed by atoms with E-state index in [2.05, 4.69) is 0 Å². The van der Waals surface area contributed by atoms with E-state index in [1.807, 2.05) is 0 Å². The van der Waals surface area contributed by atoms with Crippen LogP contribution in [0.4, 0.5) is 4.39 Å². The molecule has 0 aromatic heterocycles. The second-order valence-corrected chi connectivity index (χ2v) is 3.94. The Morgan fingerprint density at radius 3 is 2.44 bits per heavy atom. The third-order valence-corrected chi connectivity index (χ3v) is 2.03. The summed E-state index contributed by atoms with van der Waals surface area (Å²) in [6.07, 6.45) is 0. The molecule has 0 saturated heterocycles. The van der Waals surface area contributed by atoms with Gasteiger partial charge in [0.15, 0.2) is 5.60 Å². The fraction of sp³-hybridized carbons (Fsp3) is 0.333. The van der Waals surface area contributed by atoms with Crippen LogP contribution < -0.4 is 0 Å². The van der Waals surface area contributed by atoms with Crippen LogP contribution in [-0.2, 0) is 9.53 Å². The molecule has 1 aromatic carbocycles. The molecule has 4 heteroatoms. The molecule has 3 nitrogen and oxygen atoms in total. The fourth-order valence-corrected chi connectivity index (χ4v) is 1.38. The van der Waals surface area contributed by atoms with Gasteiger partial charge in [-0.25, -0.2) is 4.39 Å². The summed E-state index contributed by atoms with van der Waals surface area (Å²) < 4.78 is 17.8. The van der Waals surface area contributed by atoms with Gasteiger partial charge in [0.1, 0.15) is 5.82 Å². The molecule has 0 unspecified atom stereocenters. The Morgan fingerprint density at radius 2 is 1.94 bits per heavy atom. The SMILES string of the molecule is CC(=O)OC(C)(C)C(=O)c1cccc(F)c1. The molecule has 16 heavy (non-hydrogen) atoms. The van der Waals surface area contributed by atoms with Gasteiger partial charge < -0.3 is 4.74 Å². The van der Waals surface area contributed by atoms with Crippen molar-refractivity contribution < 1.29 is 18.7 Å². The van der Waals surface area contributed by atoms with Gasteiger partial charge in [-0.05, 0) is 26.0 Å². The highest BCUT2D eigenvalue weighted by atomic mass is 19.1. The van der Waals surface area contributed by atoms with Crippen molar-refractivity contribution in [2.24, 2.45) is 0 Å². The minimum Gasteiger partial charge on any atom is -0.451 e. The van der Waals surface area contributed by atoms with Crippen molar-refractivity contribution in [2.75, 3.05) is 0 Å². The van der Waals surface area contributed by atoms with Gasteiger partial charge in [0, 0.05) is 12.5 Å². The lowest BCUT2D eigenvalue weighted by molar-refractivity contribution is -0.149. The van der Waals surface area contributed by atoms with Crippen LogP contribution in [-0.4, -0.2) is 17.4 Å². The molecule has 0 aliphatic rings. The zero-order valence-electron chi connectivity index (χ0n) is 9.41. The van der Waals surface area contributed by atoms with Crippen LogP contribution >= 0.6 is 0 Å². The van der Waals surface area contributed by atoms with Crippen LogP contribution in [0.25, 0.3) is 0 Å². The van der Waals surface area contributed by atoms with Crippen LogP contribution in [0, 0.1) is 5.82 Å². The molecule has 0 bridgehead atoms. The second kappa shape index (κ2) is 4.43. The minimum absolute atomic E-state index is 0.186. The summed E-state index contributed by atoms with van der Waals surface area (Å²) in [7, 11) is 0. The van der Waals surface area contributed by atoms with E-state index in [9.17, 15) is 14.0 Å². The number of ether oxygens (including phenoxy) is 1. The van der Waals surface area contributed by atoms with Crippen molar-refractivity contribution in [2.45, 2.75) is 26.4 Å². The van der Waals surface area contributed by atoms with Gasteiger partial charge in [0.2, 0.25) is 5.78 Å². The zero-order chi connectivity index (χ0) is 12.3. The maximum atomic E-state index is 12.9. The Labute approximate surface area is 93.2 Å². The molecule has 0 spiro atoms. The first-order valence-electron chi connectivity index (χ1n) is 4.83. The average Bonchev–Trinajstić information content (AvgIpc) is 2.14. The van der Waals surface area contributed by atoms with Gasteiger partial charge in [-0.2, -0.15) is 0 Å². The number of benzene rings is 1. The predicted molar refractivity (Wildman–Crippen MR) is 56.6 cm³/mol. The van der Waals surface area contributed by atoms with Crippen LogP contribution in [0.5, 0.6) is 0 Å². The Hall–Kier alpha value is -1.71. The highest BCUT2D eigenvalue weighted by Gasteiger charge is 2.31. The monoisotopic (exact) mass is 224 g/mol. The van der Waals surface area contributed by atoms with E-state index in [4.69, 9.17) is 4.74 Å². The smallest absolute Gasteiger partial charge is 0.303 e. The first-order valence-corrected chi connectivity index (χ1v) is 4.83. The van der Waals surface area contributed by atoms with E-state index >= 15 is 0 Å². The lowest BCUT2D eigenvalue weighted by atomic mass is 9.96. The highest BCUT2D eigenvalue weighted by molar-refractivity contribution is 6.02. The normalized spacial score (nSPS) is 11.0. The zero-order valence-corrected chi connectivity index (χ0v) is 9.41. The molecule has 1 aromatic rings. The first-order chi connectivity index (χ1) is 7.33. The number of Topliss-reactive ketones (excluding diaryl/α,β-unsaturated/α-hetero) is 1. The van der Waals surface area contributed by atoms with E-state index in [1.54, 1.807) is 0 Å². The molecule has 0 radical (unpaired) electrons. The Balaban J connectivity index is 2.97. The average molecular weight is 224 g/mol. The van der Waals surface area contributed by atoms with Crippen molar-refractivity contribution in [1.29, 1.82) is 0 Å². The van der Waals surface area contributed by atoms with Gasteiger partial charge in [0.25, 0.3) is 0 Å². The van der Waals surface area contributed by atoms with Gasteiger partial charge >= 0.3 is 5.97 Å². The predicted octanol–water partition coefficient (Wildman–Crippen LogP) is 2.35. The van der Waals surface area contributed by atoms with E-state index in [-0.39, 0.29) is 5.56 Å². The van der Waals surface area contributed by atoms with E-state index in [0.29, 0.717) is 0 Å². The van der Waals surface area contributed by atoms with Crippen LogP contribution in [0.2, 0.25) is 0 Å². The van der Waals surface area contributed by atoms with Crippen molar-refractivity contribution in [3.05, 3.63) is 35.6 Å². The van der Waals surface area contributed by atoms with Crippen molar-refractivity contribution >= 4 is 11.8 Å². The molecule has 1 rings (SSSR count). The summed E-state index contributed by atoms with van der Waals surface area (Å²) in [6.45, 7) is 4.17. The Kier molecular flexibility index (Phi) is 3.42. The van der Waals surface area contributed by atoms with Crippen LogP contribution in [0.15, 0.2) is 24.3 Å². The number of rotatable bonds is 3. The summed E-state index contributed by atoms with van der Waals surface area (Å²) in [6, 6.07) is 5.28. The quantitative estimate of drug-likeness (QED) is 0.584. The highest BCUT2D eigenvalue weighted by Crippen LogP contribution is 2.18. The third-order valence-electron chi connectivity index (χ3n) is 2.03. The van der Waals surface area contributed by atoms with Crippen LogP contribution in [0.3, 0.4) is 0 Å². The summed E-state index contributed by atoms with van der Waals surface area (Å²) in [4.78, 5) is 22.7. The summed E-state index contributed by atoms with van der Waals surface area (Å²) in [5.41, 5.74) is -1.09. The largest absolute Gasteiger partial charge is 0.451 e. The van der Waals surface area contributed by atoms with Crippen molar-refractivity contribution in [3.63, 3.8) is 0 Å². The van der Waals surface area contributed by atoms with Crippen LogP contribution in [0.1, 0.15) is 31.1 Å². The number of halogens is 1. The topological polar surface area (TPSA) is 43.4 Å².